The van der Waals surface area contributed by atoms with Crippen LogP contribution in [0.3, 0.4) is 0 Å². The molecule has 0 aliphatic rings. The van der Waals surface area contributed by atoms with Gasteiger partial charge in [-0.1, -0.05) is 13.5 Å². The lowest BCUT2D eigenvalue weighted by Gasteiger charge is -2.16. The first-order valence-electron chi connectivity index (χ1n) is 5.81. The van der Waals surface area contributed by atoms with Crippen LogP contribution in [0.25, 0.3) is 0 Å². The van der Waals surface area contributed by atoms with E-state index in [-0.39, 0.29) is 18.3 Å². The Bertz CT molecular complexity index is 355. The quantitative estimate of drug-likeness (QED) is 0.384. The Kier molecular flexibility index (Phi) is 15.6. The highest BCUT2D eigenvalue weighted by molar-refractivity contribution is 7.80. The van der Waals surface area contributed by atoms with Crippen LogP contribution in [-0.4, -0.2) is 55.8 Å². The van der Waals surface area contributed by atoms with Gasteiger partial charge in [-0.3, -0.25) is 9.45 Å². The standard InChI is InChI=1S/C5H14N2.C4H6O2.C2H6O4S/c1-4-5(6)7(2)3;1-3(2)4(5)6;1-2-6-7(3,4)5/h5H,4,6H2,1-3H3;1H2,2H3,(H,5,6);2H2,1H3,(H,3,4,5). The summed E-state index contributed by atoms with van der Waals surface area (Å²) < 4.78 is 30.7. The summed E-state index contributed by atoms with van der Waals surface area (Å²) >= 11 is 0. The number of aliphatic carboxylic acids is 1. The highest BCUT2D eigenvalue weighted by Gasteiger charge is 1.98. The number of hydrogen-bond donors (Lipinski definition) is 3. The van der Waals surface area contributed by atoms with E-state index in [1.807, 2.05) is 19.0 Å². The fraction of sp³-hybridized carbons (Fsp3) is 0.727. The molecule has 0 amide bonds. The first-order chi connectivity index (χ1) is 8.88. The molecule has 0 aliphatic heterocycles. The van der Waals surface area contributed by atoms with Gasteiger partial charge in [-0.05, 0) is 34.4 Å². The van der Waals surface area contributed by atoms with Gasteiger partial charge in [-0.15, -0.1) is 0 Å². The van der Waals surface area contributed by atoms with Gasteiger partial charge in [-0.25, -0.2) is 8.98 Å². The molecule has 0 aromatic heterocycles. The molecule has 20 heavy (non-hydrogen) atoms. The lowest BCUT2D eigenvalue weighted by Crippen LogP contribution is -2.35. The third-order valence-electron chi connectivity index (χ3n) is 1.71. The van der Waals surface area contributed by atoms with Crippen molar-refractivity contribution in [1.29, 1.82) is 0 Å². The maximum atomic E-state index is 9.60. The predicted octanol–water partition coefficient (Wildman–Crippen LogP) is 0.716. The molecule has 9 heteroatoms. The topological polar surface area (TPSA) is 130 Å². The number of nitrogens with zero attached hydrogens (tertiary/aromatic N) is 1. The number of nitrogens with two attached hydrogens (primary N) is 1. The first-order valence-corrected chi connectivity index (χ1v) is 7.18. The Morgan fingerprint density at radius 2 is 1.75 bits per heavy atom. The summed E-state index contributed by atoms with van der Waals surface area (Å²) in [6, 6.07) is 0. The van der Waals surface area contributed by atoms with E-state index in [0.29, 0.717) is 0 Å². The first kappa shape index (κ1) is 24.0. The monoisotopic (exact) mass is 314 g/mol. The summed E-state index contributed by atoms with van der Waals surface area (Å²) in [6.07, 6.45) is 1.26. The summed E-state index contributed by atoms with van der Waals surface area (Å²) in [4.78, 5) is 11.6. The second-order valence-electron chi connectivity index (χ2n) is 3.86. The van der Waals surface area contributed by atoms with Crippen LogP contribution >= 0.6 is 0 Å². The van der Waals surface area contributed by atoms with Crippen LogP contribution in [-0.2, 0) is 19.4 Å². The summed E-state index contributed by atoms with van der Waals surface area (Å²) in [5, 5.41) is 7.89. The van der Waals surface area contributed by atoms with Crippen LogP contribution in [0.15, 0.2) is 12.2 Å². The van der Waals surface area contributed by atoms with Gasteiger partial charge in [0.05, 0.1) is 12.8 Å². The number of carbonyl (C=O) groups is 1. The summed E-state index contributed by atoms with van der Waals surface area (Å²) in [5.74, 6) is -0.935. The van der Waals surface area contributed by atoms with E-state index in [2.05, 4.69) is 17.7 Å². The molecule has 0 fully saturated rings. The second-order valence-corrected chi connectivity index (χ2v) is 4.95. The normalized spacial score (nSPS) is 11.6. The van der Waals surface area contributed by atoms with Crippen molar-refractivity contribution in [2.24, 2.45) is 5.73 Å². The van der Waals surface area contributed by atoms with E-state index < -0.39 is 16.4 Å². The van der Waals surface area contributed by atoms with E-state index >= 15 is 0 Å². The SMILES string of the molecule is C=C(C)C(=O)O.CCC(N)N(C)C.CCOS(=O)(=O)O. The molecular formula is C11H26N2O6S. The van der Waals surface area contributed by atoms with E-state index in [0.717, 1.165) is 6.42 Å². The molecule has 1 unspecified atom stereocenters. The molecule has 0 saturated carbocycles. The molecule has 0 bridgehead atoms. The molecule has 0 aliphatic carbocycles. The predicted molar refractivity (Wildman–Crippen MR) is 77.6 cm³/mol. The van der Waals surface area contributed by atoms with Gasteiger partial charge < -0.3 is 10.8 Å². The Balaban J connectivity index is -0.000000218. The van der Waals surface area contributed by atoms with Crippen molar-refractivity contribution in [2.45, 2.75) is 33.4 Å². The fourth-order valence-electron chi connectivity index (χ4n) is 0.514. The van der Waals surface area contributed by atoms with Crippen molar-refractivity contribution in [1.82, 2.24) is 4.90 Å². The van der Waals surface area contributed by atoms with Crippen LogP contribution in [0.1, 0.15) is 27.2 Å². The molecular weight excluding hydrogens is 288 g/mol. The average molecular weight is 314 g/mol. The third kappa shape index (κ3) is 25.8. The maximum absolute atomic E-state index is 9.60. The van der Waals surface area contributed by atoms with Crippen LogP contribution in [0.4, 0.5) is 0 Å². The molecule has 4 N–H and O–H groups in total. The molecule has 8 nitrogen and oxygen atoms in total. The van der Waals surface area contributed by atoms with Gasteiger partial charge >= 0.3 is 16.4 Å². The zero-order chi connectivity index (χ0) is 16.9. The molecule has 0 aromatic carbocycles. The van der Waals surface area contributed by atoms with Crippen LogP contribution < -0.4 is 5.73 Å². The van der Waals surface area contributed by atoms with Crippen molar-refractivity contribution in [3.63, 3.8) is 0 Å². The number of hydrogen-bond acceptors (Lipinski definition) is 6. The van der Waals surface area contributed by atoms with Crippen molar-refractivity contribution in [3.05, 3.63) is 12.2 Å². The van der Waals surface area contributed by atoms with Gasteiger partial charge in [0, 0.05) is 5.57 Å². The zero-order valence-electron chi connectivity index (χ0n) is 12.7. The molecule has 0 radical (unpaired) electrons. The van der Waals surface area contributed by atoms with Crippen molar-refractivity contribution < 1.29 is 27.1 Å². The lowest BCUT2D eigenvalue weighted by molar-refractivity contribution is -0.132. The fourth-order valence-corrected chi connectivity index (χ4v) is 0.812. The Labute approximate surface area is 121 Å². The third-order valence-corrected chi connectivity index (χ3v) is 2.25. The molecule has 122 valence electrons. The number of carboxylic acids is 1. The van der Waals surface area contributed by atoms with Gasteiger partial charge in [0.25, 0.3) is 0 Å². The Morgan fingerprint density at radius 3 is 1.75 bits per heavy atom. The molecule has 0 heterocycles. The summed E-state index contributed by atoms with van der Waals surface area (Å²) in [5.41, 5.74) is 5.72. The minimum Gasteiger partial charge on any atom is -0.478 e. The van der Waals surface area contributed by atoms with Crippen LogP contribution in [0.2, 0.25) is 0 Å². The lowest BCUT2D eigenvalue weighted by atomic mass is 10.4. The smallest absolute Gasteiger partial charge is 0.397 e. The molecule has 1 atom stereocenters. The molecule has 0 aromatic rings. The number of carboxylic acid groups (broad SMARTS) is 1. The van der Waals surface area contributed by atoms with Crippen molar-refractivity contribution >= 4 is 16.4 Å². The van der Waals surface area contributed by atoms with Gasteiger partial charge in [0.1, 0.15) is 0 Å². The van der Waals surface area contributed by atoms with Crippen molar-refractivity contribution in [2.75, 3.05) is 20.7 Å². The highest BCUT2D eigenvalue weighted by Crippen LogP contribution is 1.86. The average Bonchev–Trinajstić information content (AvgIpc) is 2.27. The summed E-state index contributed by atoms with van der Waals surface area (Å²) in [7, 11) is -0.214. The Morgan fingerprint density at radius 1 is 1.40 bits per heavy atom. The molecule has 0 rings (SSSR count). The van der Waals surface area contributed by atoms with E-state index in [4.69, 9.17) is 15.4 Å². The van der Waals surface area contributed by atoms with E-state index in [1.165, 1.54) is 13.8 Å². The van der Waals surface area contributed by atoms with Crippen LogP contribution in [0.5, 0.6) is 0 Å². The van der Waals surface area contributed by atoms with E-state index in [1.54, 1.807) is 0 Å². The molecule has 0 spiro atoms. The van der Waals surface area contributed by atoms with Gasteiger partial charge in [-0.2, -0.15) is 8.42 Å². The zero-order valence-corrected chi connectivity index (χ0v) is 13.5. The summed E-state index contributed by atoms with van der Waals surface area (Å²) in [6.45, 7) is 8.11. The minimum absolute atomic E-state index is 0.0289. The minimum atomic E-state index is -4.17. The van der Waals surface area contributed by atoms with E-state index in [9.17, 15) is 13.2 Å². The largest absolute Gasteiger partial charge is 0.478 e. The van der Waals surface area contributed by atoms with Gasteiger partial charge in [0.2, 0.25) is 0 Å². The maximum Gasteiger partial charge on any atom is 0.397 e. The van der Waals surface area contributed by atoms with Crippen molar-refractivity contribution in [3.8, 4) is 0 Å². The molecule has 0 saturated heterocycles. The number of rotatable bonds is 5. The highest BCUT2D eigenvalue weighted by atomic mass is 32.3. The Hall–Kier alpha value is -1.00. The van der Waals surface area contributed by atoms with Crippen LogP contribution in [0, 0.1) is 0 Å². The second kappa shape index (κ2) is 13.0. The van der Waals surface area contributed by atoms with Gasteiger partial charge in [0.15, 0.2) is 0 Å².